The molecule has 1 aromatic rings. The highest BCUT2D eigenvalue weighted by molar-refractivity contribution is 5.75. The molecule has 1 saturated heterocycles. The van der Waals surface area contributed by atoms with Gasteiger partial charge in [-0.3, -0.25) is 4.79 Å². The van der Waals surface area contributed by atoms with Crippen LogP contribution in [0.3, 0.4) is 0 Å². The summed E-state index contributed by atoms with van der Waals surface area (Å²) < 4.78 is 19.1. The second-order valence-electron chi connectivity index (χ2n) is 5.26. The van der Waals surface area contributed by atoms with E-state index in [0.29, 0.717) is 31.6 Å². The third-order valence-electron chi connectivity index (χ3n) is 3.64. The van der Waals surface area contributed by atoms with Crippen LogP contribution >= 0.6 is 0 Å². The van der Waals surface area contributed by atoms with Crippen molar-refractivity contribution >= 4 is 5.91 Å². The molecular formula is C16H23FN2O2. The van der Waals surface area contributed by atoms with Gasteiger partial charge in [0.2, 0.25) is 5.91 Å². The summed E-state index contributed by atoms with van der Waals surface area (Å²) in [5.74, 6) is -0.263. The highest BCUT2D eigenvalue weighted by atomic mass is 19.1. The molecule has 5 heteroatoms. The smallest absolute Gasteiger partial charge is 0.222 e. The molecule has 116 valence electrons. The van der Waals surface area contributed by atoms with Gasteiger partial charge in [-0.2, -0.15) is 0 Å². The molecular weight excluding hydrogens is 271 g/mol. The summed E-state index contributed by atoms with van der Waals surface area (Å²) in [6.07, 6.45) is 3.16. The fraction of sp³-hybridized carbons (Fsp3) is 0.562. The number of piperidine rings is 1. The van der Waals surface area contributed by atoms with Crippen LogP contribution < -0.4 is 10.6 Å². The number of benzene rings is 1. The average molecular weight is 294 g/mol. The first-order chi connectivity index (χ1) is 10.3. The first-order valence-electron chi connectivity index (χ1n) is 7.58. The topological polar surface area (TPSA) is 50.4 Å². The quantitative estimate of drug-likeness (QED) is 0.804. The minimum absolute atomic E-state index is 0.0414. The van der Waals surface area contributed by atoms with Crippen molar-refractivity contribution in [2.24, 2.45) is 0 Å². The van der Waals surface area contributed by atoms with Crippen molar-refractivity contribution in [1.29, 1.82) is 0 Å². The molecule has 4 nitrogen and oxygen atoms in total. The zero-order valence-electron chi connectivity index (χ0n) is 12.2. The summed E-state index contributed by atoms with van der Waals surface area (Å²) in [6.45, 7) is 2.88. The van der Waals surface area contributed by atoms with Crippen LogP contribution in [0, 0.1) is 5.82 Å². The number of rotatable bonds is 7. The Kier molecular flexibility index (Phi) is 6.63. The molecule has 21 heavy (non-hydrogen) atoms. The van der Waals surface area contributed by atoms with Gasteiger partial charge in [0, 0.05) is 13.0 Å². The van der Waals surface area contributed by atoms with E-state index < -0.39 is 0 Å². The second kappa shape index (κ2) is 8.74. The maximum absolute atomic E-state index is 13.4. The Morgan fingerprint density at radius 3 is 2.86 bits per heavy atom. The van der Waals surface area contributed by atoms with Crippen molar-refractivity contribution in [3.63, 3.8) is 0 Å². The molecule has 2 rings (SSSR count). The van der Waals surface area contributed by atoms with Crippen molar-refractivity contribution in [3.8, 4) is 0 Å². The molecule has 1 aliphatic rings. The van der Waals surface area contributed by atoms with Crippen LogP contribution in [0.4, 0.5) is 4.39 Å². The van der Waals surface area contributed by atoms with Crippen LogP contribution in [-0.4, -0.2) is 38.3 Å². The molecule has 0 saturated carbocycles. The van der Waals surface area contributed by atoms with Crippen LogP contribution in [0.15, 0.2) is 24.3 Å². The molecule has 1 fully saturated rings. The van der Waals surface area contributed by atoms with Crippen LogP contribution in [0.5, 0.6) is 0 Å². The number of carbonyl (C=O) groups excluding carboxylic acids is 1. The van der Waals surface area contributed by atoms with Gasteiger partial charge < -0.3 is 15.4 Å². The van der Waals surface area contributed by atoms with Crippen molar-refractivity contribution in [2.75, 3.05) is 26.2 Å². The van der Waals surface area contributed by atoms with Crippen LogP contribution in [0.1, 0.15) is 24.8 Å². The fourth-order valence-corrected chi connectivity index (χ4v) is 2.41. The van der Waals surface area contributed by atoms with E-state index in [0.717, 1.165) is 25.9 Å². The molecule has 1 aliphatic heterocycles. The summed E-state index contributed by atoms with van der Waals surface area (Å²) in [5, 5.41) is 6.07. The minimum Gasteiger partial charge on any atom is -0.378 e. The van der Waals surface area contributed by atoms with Crippen LogP contribution in [0.2, 0.25) is 0 Å². The molecule has 1 aromatic carbocycles. The number of ether oxygens (including phenoxy) is 1. The van der Waals surface area contributed by atoms with E-state index in [4.69, 9.17) is 4.74 Å². The van der Waals surface area contributed by atoms with Crippen molar-refractivity contribution in [2.45, 2.75) is 31.8 Å². The normalized spacial score (nSPS) is 15.9. The summed E-state index contributed by atoms with van der Waals surface area (Å²) >= 11 is 0. The van der Waals surface area contributed by atoms with Crippen molar-refractivity contribution in [3.05, 3.63) is 35.6 Å². The largest absolute Gasteiger partial charge is 0.378 e. The van der Waals surface area contributed by atoms with Gasteiger partial charge in [0.05, 0.1) is 12.7 Å². The molecule has 0 bridgehead atoms. The molecule has 0 atom stereocenters. The Morgan fingerprint density at radius 2 is 2.10 bits per heavy atom. The van der Waals surface area contributed by atoms with Gasteiger partial charge in [-0.25, -0.2) is 4.39 Å². The van der Waals surface area contributed by atoms with Gasteiger partial charge in [0.15, 0.2) is 0 Å². The van der Waals surface area contributed by atoms with Gasteiger partial charge >= 0.3 is 0 Å². The fourth-order valence-electron chi connectivity index (χ4n) is 2.41. The van der Waals surface area contributed by atoms with Gasteiger partial charge in [-0.05, 0) is 44.0 Å². The maximum Gasteiger partial charge on any atom is 0.222 e. The minimum atomic E-state index is -0.221. The molecule has 1 heterocycles. The summed E-state index contributed by atoms with van der Waals surface area (Å²) in [4.78, 5) is 11.7. The zero-order valence-corrected chi connectivity index (χ0v) is 12.2. The molecule has 0 radical (unpaired) electrons. The predicted octanol–water partition coefficient (Wildman–Crippen LogP) is 1.64. The third kappa shape index (κ3) is 5.81. The predicted molar refractivity (Wildman–Crippen MR) is 79.6 cm³/mol. The molecule has 0 aromatic heterocycles. The lowest BCUT2D eigenvalue weighted by Crippen LogP contribution is -2.33. The molecule has 0 spiro atoms. The molecule has 0 unspecified atom stereocenters. The number of hydrogen-bond acceptors (Lipinski definition) is 3. The zero-order chi connectivity index (χ0) is 14.9. The first-order valence-corrected chi connectivity index (χ1v) is 7.58. The van der Waals surface area contributed by atoms with E-state index in [1.807, 2.05) is 0 Å². The molecule has 1 amide bonds. The molecule has 2 N–H and O–H groups in total. The SMILES string of the molecule is O=C(CCOC1CCNCC1)NCCc1ccccc1F. The van der Waals surface area contributed by atoms with Crippen LogP contribution in [-0.2, 0) is 16.0 Å². The number of nitrogens with one attached hydrogen (secondary N) is 2. The lowest BCUT2D eigenvalue weighted by molar-refractivity contribution is -0.122. The van der Waals surface area contributed by atoms with Crippen LogP contribution in [0.25, 0.3) is 0 Å². The Morgan fingerprint density at radius 1 is 1.33 bits per heavy atom. The highest BCUT2D eigenvalue weighted by Gasteiger charge is 2.13. The standard InChI is InChI=1S/C16H23FN2O2/c17-15-4-2-1-3-13(15)5-11-19-16(20)8-12-21-14-6-9-18-10-7-14/h1-4,14,18H,5-12H2,(H,19,20). The summed E-state index contributed by atoms with van der Waals surface area (Å²) in [5.41, 5.74) is 0.628. The Hall–Kier alpha value is -1.46. The second-order valence-corrected chi connectivity index (χ2v) is 5.26. The van der Waals surface area contributed by atoms with Crippen molar-refractivity contribution in [1.82, 2.24) is 10.6 Å². The van der Waals surface area contributed by atoms with E-state index in [1.54, 1.807) is 18.2 Å². The van der Waals surface area contributed by atoms with Crippen molar-refractivity contribution < 1.29 is 13.9 Å². The molecule has 0 aliphatic carbocycles. The average Bonchev–Trinajstić information content (AvgIpc) is 2.50. The lowest BCUT2D eigenvalue weighted by Gasteiger charge is -2.22. The van der Waals surface area contributed by atoms with Gasteiger partial charge in [0.25, 0.3) is 0 Å². The number of carbonyl (C=O) groups is 1. The number of amides is 1. The third-order valence-corrected chi connectivity index (χ3v) is 3.64. The summed E-state index contributed by atoms with van der Waals surface area (Å²) in [7, 11) is 0. The highest BCUT2D eigenvalue weighted by Crippen LogP contribution is 2.08. The first kappa shape index (κ1) is 15.9. The number of halogens is 1. The number of hydrogen-bond donors (Lipinski definition) is 2. The Balaban J connectivity index is 1.56. The van der Waals surface area contributed by atoms with E-state index >= 15 is 0 Å². The maximum atomic E-state index is 13.4. The Bertz CT molecular complexity index is 448. The summed E-state index contributed by atoms with van der Waals surface area (Å²) in [6, 6.07) is 6.63. The van der Waals surface area contributed by atoms with Gasteiger partial charge in [0.1, 0.15) is 5.82 Å². The van der Waals surface area contributed by atoms with Gasteiger partial charge in [-0.15, -0.1) is 0 Å². The lowest BCUT2D eigenvalue weighted by atomic mass is 10.1. The Labute approximate surface area is 125 Å². The monoisotopic (exact) mass is 294 g/mol. The van der Waals surface area contributed by atoms with E-state index in [-0.39, 0.29) is 17.8 Å². The van der Waals surface area contributed by atoms with Gasteiger partial charge in [-0.1, -0.05) is 18.2 Å². The van der Waals surface area contributed by atoms with E-state index in [9.17, 15) is 9.18 Å². The van der Waals surface area contributed by atoms with E-state index in [2.05, 4.69) is 10.6 Å². The van der Waals surface area contributed by atoms with E-state index in [1.165, 1.54) is 6.07 Å².